The molecule has 5 heterocycles. The summed E-state index contributed by atoms with van der Waals surface area (Å²) in [4.78, 5) is 33.4. The first-order valence-electron chi connectivity index (χ1n) is 11.2. The molecule has 0 aromatic carbocycles. The molecule has 0 saturated carbocycles. The maximum absolute atomic E-state index is 13.2. The third kappa shape index (κ3) is 4.16. The van der Waals surface area contributed by atoms with Crippen molar-refractivity contribution in [2.45, 2.75) is 38.6 Å². The van der Waals surface area contributed by atoms with E-state index in [-0.39, 0.29) is 5.91 Å². The Kier molecular flexibility index (Phi) is 5.62. The van der Waals surface area contributed by atoms with E-state index in [9.17, 15) is 4.79 Å². The van der Waals surface area contributed by atoms with Gasteiger partial charge in [0.25, 0.3) is 5.91 Å². The fraction of sp³-hybridized carbons (Fsp3) is 0.636. The second-order valence-corrected chi connectivity index (χ2v) is 8.74. The van der Waals surface area contributed by atoms with Crippen LogP contribution >= 0.6 is 0 Å². The van der Waals surface area contributed by atoms with E-state index in [0.717, 1.165) is 75.3 Å². The lowest BCUT2D eigenvalue weighted by Crippen LogP contribution is -2.45. The van der Waals surface area contributed by atoms with Crippen LogP contribution in [0.15, 0.2) is 10.6 Å². The summed E-state index contributed by atoms with van der Waals surface area (Å²) in [6, 6.07) is 0. The van der Waals surface area contributed by atoms with Gasteiger partial charge in [0.05, 0.1) is 17.8 Å². The molecule has 31 heavy (non-hydrogen) atoms. The number of piperazine rings is 1. The lowest BCUT2D eigenvalue weighted by atomic mass is 10.0. The highest BCUT2D eigenvalue weighted by molar-refractivity contribution is 5.95. The third-order valence-electron chi connectivity index (χ3n) is 6.59. The van der Waals surface area contributed by atoms with E-state index < -0.39 is 0 Å². The molecule has 2 saturated heterocycles. The second kappa shape index (κ2) is 8.55. The predicted molar refractivity (Wildman–Crippen MR) is 114 cm³/mol. The lowest BCUT2D eigenvalue weighted by Gasteiger charge is -2.32. The van der Waals surface area contributed by atoms with Gasteiger partial charge >= 0.3 is 0 Å². The van der Waals surface area contributed by atoms with E-state index in [0.29, 0.717) is 36.9 Å². The molecule has 9 nitrogen and oxygen atoms in total. The summed E-state index contributed by atoms with van der Waals surface area (Å²) in [5.74, 6) is 2.72. The van der Waals surface area contributed by atoms with E-state index in [1.165, 1.54) is 0 Å². The van der Waals surface area contributed by atoms with Crippen LogP contribution in [-0.2, 0) is 17.7 Å². The number of anilines is 1. The number of amides is 1. The zero-order valence-electron chi connectivity index (χ0n) is 18.3. The van der Waals surface area contributed by atoms with Crippen molar-refractivity contribution in [1.29, 1.82) is 0 Å². The van der Waals surface area contributed by atoms with Crippen molar-refractivity contribution in [3.8, 4) is 0 Å². The number of rotatable bonds is 3. The molecular weight excluding hydrogens is 396 g/mol. The normalized spacial score (nSPS) is 20.7. The molecule has 2 aromatic rings. The van der Waals surface area contributed by atoms with Gasteiger partial charge in [-0.15, -0.1) is 0 Å². The molecule has 3 aliphatic rings. The maximum atomic E-state index is 13.2. The van der Waals surface area contributed by atoms with Crippen LogP contribution < -0.4 is 4.90 Å². The van der Waals surface area contributed by atoms with Crippen LogP contribution in [0.3, 0.4) is 0 Å². The molecule has 0 radical (unpaired) electrons. The first-order valence-corrected chi connectivity index (χ1v) is 11.2. The molecule has 0 spiro atoms. The Labute approximate surface area is 182 Å². The predicted octanol–water partition coefficient (Wildman–Crippen LogP) is 1.62. The summed E-state index contributed by atoms with van der Waals surface area (Å²) >= 11 is 0. The van der Waals surface area contributed by atoms with Crippen molar-refractivity contribution in [3.63, 3.8) is 0 Å². The first-order chi connectivity index (χ1) is 15.1. The number of aryl methyl sites for hydroxylation is 1. The summed E-state index contributed by atoms with van der Waals surface area (Å²) in [5, 5.41) is 0. The van der Waals surface area contributed by atoms with Crippen molar-refractivity contribution in [2.24, 2.45) is 0 Å². The molecule has 2 aromatic heterocycles. The van der Waals surface area contributed by atoms with Crippen LogP contribution in [0.25, 0.3) is 0 Å². The van der Waals surface area contributed by atoms with Crippen molar-refractivity contribution < 1.29 is 13.9 Å². The number of fused-ring (bicyclic) bond motifs is 1. The van der Waals surface area contributed by atoms with Gasteiger partial charge in [-0.25, -0.2) is 15.0 Å². The van der Waals surface area contributed by atoms with Gasteiger partial charge in [0.15, 0.2) is 5.89 Å². The van der Waals surface area contributed by atoms with Crippen LogP contribution in [0.1, 0.15) is 52.2 Å². The molecule has 0 bridgehead atoms. The SMILES string of the molecule is Cc1nc(N2CCN(C)CC2)ncc1C(=O)N1CCc2oc(C3CCOCC3)nc2C1. The van der Waals surface area contributed by atoms with Crippen LogP contribution in [-0.4, -0.2) is 83.6 Å². The summed E-state index contributed by atoms with van der Waals surface area (Å²) in [5.41, 5.74) is 2.17. The first kappa shape index (κ1) is 20.4. The molecule has 0 aliphatic carbocycles. The molecule has 3 aliphatic heterocycles. The molecule has 166 valence electrons. The maximum Gasteiger partial charge on any atom is 0.257 e. The molecule has 9 heteroatoms. The highest BCUT2D eigenvalue weighted by atomic mass is 16.5. The lowest BCUT2D eigenvalue weighted by molar-refractivity contribution is 0.0724. The molecule has 0 N–H and O–H groups in total. The second-order valence-electron chi connectivity index (χ2n) is 8.74. The largest absolute Gasteiger partial charge is 0.445 e. The Hall–Kier alpha value is -2.52. The Morgan fingerprint density at radius 2 is 1.87 bits per heavy atom. The number of hydrogen-bond donors (Lipinski definition) is 0. The van der Waals surface area contributed by atoms with E-state index in [4.69, 9.17) is 14.1 Å². The number of oxazole rings is 1. The zero-order chi connectivity index (χ0) is 21.4. The molecule has 2 fully saturated rings. The van der Waals surface area contributed by atoms with E-state index in [1.54, 1.807) is 6.20 Å². The number of aromatic nitrogens is 3. The van der Waals surface area contributed by atoms with Crippen molar-refractivity contribution in [3.05, 3.63) is 34.8 Å². The smallest absolute Gasteiger partial charge is 0.257 e. The number of carbonyl (C=O) groups excluding carboxylic acids is 1. The van der Waals surface area contributed by atoms with Crippen molar-refractivity contribution in [2.75, 3.05) is 57.9 Å². The number of nitrogens with zero attached hydrogens (tertiary/aromatic N) is 6. The van der Waals surface area contributed by atoms with E-state index >= 15 is 0 Å². The summed E-state index contributed by atoms with van der Waals surface area (Å²) in [6.07, 6.45) is 4.26. The van der Waals surface area contributed by atoms with Gasteiger partial charge in [0, 0.05) is 64.5 Å². The Morgan fingerprint density at radius 1 is 1.10 bits per heavy atom. The Balaban J connectivity index is 1.28. The van der Waals surface area contributed by atoms with Crippen molar-refractivity contribution >= 4 is 11.9 Å². The van der Waals surface area contributed by atoms with Crippen molar-refractivity contribution in [1.82, 2.24) is 24.8 Å². The fourth-order valence-electron chi connectivity index (χ4n) is 4.50. The highest BCUT2D eigenvalue weighted by Gasteiger charge is 2.30. The number of carbonyl (C=O) groups is 1. The number of ether oxygens (including phenoxy) is 1. The Morgan fingerprint density at radius 3 is 2.61 bits per heavy atom. The monoisotopic (exact) mass is 426 g/mol. The minimum Gasteiger partial charge on any atom is -0.445 e. The average Bonchev–Trinajstić information content (AvgIpc) is 3.23. The fourth-order valence-corrected chi connectivity index (χ4v) is 4.50. The van der Waals surface area contributed by atoms with E-state index in [2.05, 4.69) is 26.8 Å². The van der Waals surface area contributed by atoms with Gasteiger partial charge in [0.2, 0.25) is 5.95 Å². The molecule has 5 rings (SSSR count). The summed E-state index contributed by atoms with van der Waals surface area (Å²) in [6.45, 7) is 8.29. The number of likely N-dealkylation sites (N-methyl/N-ethyl adjacent to an activating group) is 1. The van der Waals surface area contributed by atoms with Gasteiger partial charge in [0.1, 0.15) is 11.5 Å². The van der Waals surface area contributed by atoms with Gasteiger partial charge in [-0.3, -0.25) is 4.79 Å². The molecular formula is C22H30N6O3. The van der Waals surface area contributed by atoms with Gasteiger partial charge in [-0.2, -0.15) is 0 Å². The van der Waals surface area contributed by atoms with Gasteiger partial charge in [-0.1, -0.05) is 0 Å². The third-order valence-corrected chi connectivity index (χ3v) is 6.59. The minimum absolute atomic E-state index is 0.0382. The van der Waals surface area contributed by atoms with Gasteiger partial charge in [-0.05, 0) is 26.8 Å². The van der Waals surface area contributed by atoms with E-state index in [1.807, 2.05) is 11.8 Å². The standard InChI is InChI=1S/C22H30N6O3/c1-15-17(13-23-22(24-15)27-9-7-26(2)8-10-27)21(29)28-6-3-19-18(14-28)25-20(31-19)16-4-11-30-12-5-16/h13,16H,3-12,14H2,1-2H3. The quantitative estimate of drug-likeness (QED) is 0.732. The molecule has 0 atom stereocenters. The van der Waals surface area contributed by atoms with Crippen LogP contribution in [0.5, 0.6) is 0 Å². The minimum atomic E-state index is -0.0382. The molecule has 1 amide bonds. The van der Waals surface area contributed by atoms with Crippen LogP contribution in [0, 0.1) is 6.92 Å². The van der Waals surface area contributed by atoms with Gasteiger partial charge < -0.3 is 23.9 Å². The topological polar surface area (TPSA) is 87.8 Å². The summed E-state index contributed by atoms with van der Waals surface area (Å²) < 4.78 is 11.5. The average molecular weight is 427 g/mol. The Bertz CT molecular complexity index is 947. The number of hydrogen-bond acceptors (Lipinski definition) is 8. The molecule has 0 unspecified atom stereocenters. The van der Waals surface area contributed by atoms with Crippen LogP contribution in [0.4, 0.5) is 5.95 Å². The summed E-state index contributed by atoms with van der Waals surface area (Å²) in [7, 11) is 2.12. The van der Waals surface area contributed by atoms with Crippen LogP contribution in [0.2, 0.25) is 0 Å². The zero-order valence-corrected chi connectivity index (χ0v) is 18.3. The highest BCUT2D eigenvalue weighted by Crippen LogP contribution is 2.30.